The number of ether oxygens (including phenoxy) is 1. The molecule has 5 nitrogen and oxygen atoms in total. The number of hydrogen-bond acceptors (Lipinski definition) is 5. The van der Waals surface area contributed by atoms with Crippen molar-refractivity contribution in [1.82, 2.24) is 14.8 Å². The number of carbonyl (C=O) groups excluding carboxylic acids is 1. The van der Waals surface area contributed by atoms with Crippen molar-refractivity contribution in [3.63, 3.8) is 0 Å². The fraction of sp³-hybridized carbons (Fsp3) is 0.500. The van der Waals surface area contributed by atoms with Crippen LogP contribution in [0.25, 0.3) is 0 Å². The predicted octanol–water partition coefficient (Wildman–Crippen LogP) is 3.51. The van der Waals surface area contributed by atoms with Gasteiger partial charge in [-0.25, -0.2) is 4.98 Å². The predicted molar refractivity (Wildman–Crippen MR) is 105 cm³/mol. The zero-order valence-corrected chi connectivity index (χ0v) is 16.6. The molecule has 6 heteroatoms. The highest BCUT2D eigenvalue weighted by Crippen LogP contribution is 2.21. The van der Waals surface area contributed by atoms with Gasteiger partial charge in [0.15, 0.2) is 0 Å². The molecular weight excluding hydrogens is 346 g/mol. The molecule has 0 aliphatic carbocycles. The van der Waals surface area contributed by atoms with Gasteiger partial charge in [-0.05, 0) is 51.0 Å². The maximum Gasteiger partial charge on any atom is 0.253 e. The van der Waals surface area contributed by atoms with Crippen LogP contribution < -0.4 is 4.74 Å². The zero-order chi connectivity index (χ0) is 18.5. The minimum absolute atomic E-state index is 0.113. The molecule has 0 spiro atoms. The summed E-state index contributed by atoms with van der Waals surface area (Å²) in [6.07, 6.45) is 0.991. The second-order valence-electron chi connectivity index (χ2n) is 6.69. The average molecular weight is 374 g/mol. The summed E-state index contributed by atoms with van der Waals surface area (Å²) in [6.45, 7) is 10.9. The Kier molecular flexibility index (Phi) is 6.27. The molecule has 1 saturated heterocycles. The topological polar surface area (TPSA) is 45.7 Å². The van der Waals surface area contributed by atoms with Gasteiger partial charge < -0.3 is 9.64 Å². The average Bonchev–Trinajstić information content (AvgIpc) is 2.89. The Balaban J connectivity index is 1.61. The Bertz CT molecular complexity index is 759. The van der Waals surface area contributed by atoms with E-state index in [0.29, 0.717) is 6.61 Å². The first-order valence-corrected chi connectivity index (χ1v) is 10.1. The lowest BCUT2D eigenvalue weighted by atomic mass is 10.1. The largest absolute Gasteiger partial charge is 0.494 e. The molecule has 1 aromatic carbocycles. The summed E-state index contributed by atoms with van der Waals surface area (Å²) in [5.74, 6) is 0.965. The van der Waals surface area contributed by atoms with Gasteiger partial charge in [-0.1, -0.05) is 0 Å². The molecule has 1 amide bonds. The Morgan fingerprint density at radius 1 is 1.23 bits per heavy atom. The molecule has 3 rings (SSSR count). The van der Waals surface area contributed by atoms with Crippen LogP contribution in [0.1, 0.15) is 40.0 Å². The smallest absolute Gasteiger partial charge is 0.253 e. The number of hydrogen-bond donors (Lipinski definition) is 0. The van der Waals surface area contributed by atoms with Crippen molar-refractivity contribution in [3.8, 4) is 5.75 Å². The third-order valence-corrected chi connectivity index (χ3v) is 5.47. The highest BCUT2D eigenvalue weighted by molar-refractivity contribution is 7.09. The van der Waals surface area contributed by atoms with Crippen molar-refractivity contribution in [3.05, 3.63) is 45.4 Å². The van der Waals surface area contributed by atoms with E-state index in [1.807, 2.05) is 43.9 Å². The Labute approximate surface area is 159 Å². The maximum atomic E-state index is 12.9. The van der Waals surface area contributed by atoms with Gasteiger partial charge in [0.05, 0.1) is 17.3 Å². The van der Waals surface area contributed by atoms with Crippen LogP contribution in [0.15, 0.2) is 23.6 Å². The number of aryl methyl sites for hydroxylation is 2. The van der Waals surface area contributed by atoms with Crippen LogP contribution in [-0.2, 0) is 6.54 Å². The number of aromatic nitrogens is 1. The molecule has 140 valence electrons. The third-order valence-electron chi connectivity index (χ3n) is 4.65. The van der Waals surface area contributed by atoms with E-state index in [2.05, 4.69) is 15.3 Å². The van der Waals surface area contributed by atoms with E-state index < -0.39 is 0 Å². The van der Waals surface area contributed by atoms with Crippen molar-refractivity contribution in [1.29, 1.82) is 0 Å². The summed E-state index contributed by atoms with van der Waals surface area (Å²) in [7, 11) is 0. The van der Waals surface area contributed by atoms with E-state index in [1.165, 1.54) is 0 Å². The number of benzene rings is 1. The van der Waals surface area contributed by atoms with Crippen molar-refractivity contribution < 1.29 is 9.53 Å². The van der Waals surface area contributed by atoms with Crippen molar-refractivity contribution in [2.75, 3.05) is 32.8 Å². The second-order valence-corrected chi connectivity index (χ2v) is 7.76. The Morgan fingerprint density at radius 2 is 2.08 bits per heavy atom. The van der Waals surface area contributed by atoms with Gasteiger partial charge in [0.25, 0.3) is 5.91 Å². The standard InChI is InChI=1S/C20H27N3O2S/c1-4-25-19-7-6-17(12-15(19)2)20(24)23-9-5-8-22(10-11-23)13-18-14-26-16(3)21-18/h6-7,12,14H,4-5,8-11,13H2,1-3H3. The van der Waals surface area contributed by atoms with Crippen LogP contribution >= 0.6 is 11.3 Å². The zero-order valence-electron chi connectivity index (χ0n) is 15.8. The molecule has 0 unspecified atom stereocenters. The molecule has 0 bridgehead atoms. The quantitative estimate of drug-likeness (QED) is 0.805. The van der Waals surface area contributed by atoms with Gasteiger partial charge in [-0.3, -0.25) is 9.69 Å². The van der Waals surface area contributed by atoms with Gasteiger partial charge in [0.2, 0.25) is 0 Å². The molecule has 0 radical (unpaired) electrons. The number of thiazole rings is 1. The van der Waals surface area contributed by atoms with E-state index in [9.17, 15) is 4.79 Å². The lowest BCUT2D eigenvalue weighted by Gasteiger charge is -2.22. The third kappa shape index (κ3) is 4.62. The number of nitrogens with zero attached hydrogens (tertiary/aromatic N) is 3. The van der Waals surface area contributed by atoms with E-state index in [1.54, 1.807) is 11.3 Å². The van der Waals surface area contributed by atoms with Crippen LogP contribution in [0, 0.1) is 13.8 Å². The minimum atomic E-state index is 0.113. The van der Waals surface area contributed by atoms with Crippen molar-refractivity contribution in [2.24, 2.45) is 0 Å². The van der Waals surface area contributed by atoms with E-state index in [0.717, 1.165) is 66.7 Å². The molecule has 26 heavy (non-hydrogen) atoms. The molecule has 1 aliphatic rings. The second kappa shape index (κ2) is 8.64. The van der Waals surface area contributed by atoms with Gasteiger partial charge in [-0.15, -0.1) is 11.3 Å². The summed E-state index contributed by atoms with van der Waals surface area (Å²) in [4.78, 5) is 21.8. The Hall–Kier alpha value is -1.92. The lowest BCUT2D eigenvalue weighted by Crippen LogP contribution is -2.35. The fourth-order valence-corrected chi connectivity index (χ4v) is 3.93. The monoisotopic (exact) mass is 373 g/mol. The summed E-state index contributed by atoms with van der Waals surface area (Å²) >= 11 is 1.69. The highest BCUT2D eigenvalue weighted by atomic mass is 32.1. The summed E-state index contributed by atoms with van der Waals surface area (Å²) in [6, 6.07) is 5.72. The van der Waals surface area contributed by atoms with Crippen LogP contribution in [0.3, 0.4) is 0 Å². The van der Waals surface area contributed by atoms with Crippen LogP contribution in [0.4, 0.5) is 0 Å². The van der Waals surface area contributed by atoms with Crippen LogP contribution in [0.5, 0.6) is 5.75 Å². The van der Waals surface area contributed by atoms with E-state index in [-0.39, 0.29) is 5.91 Å². The van der Waals surface area contributed by atoms with Gasteiger partial charge in [0, 0.05) is 43.7 Å². The lowest BCUT2D eigenvalue weighted by molar-refractivity contribution is 0.0761. The summed E-state index contributed by atoms with van der Waals surface area (Å²) in [5.41, 5.74) is 2.89. The van der Waals surface area contributed by atoms with Crippen molar-refractivity contribution in [2.45, 2.75) is 33.7 Å². The molecule has 1 aromatic heterocycles. The fourth-order valence-electron chi connectivity index (χ4n) is 3.32. The molecule has 0 saturated carbocycles. The van der Waals surface area contributed by atoms with Gasteiger partial charge in [-0.2, -0.15) is 0 Å². The SMILES string of the molecule is CCOc1ccc(C(=O)N2CCCN(Cc3csc(C)n3)CC2)cc1C. The van der Waals surface area contributed by atoms with Crippen molar-refractivity contribution >= 4 is 17.2 Å². The van der Waals surface area contributed by atoms with Crippen LogP contribution in [-0.4, -0.2) is 53.5 Å². The molecule has 0 N–H and O–H groups in total. The maximum absolute atomic E-state index is 12.9. The molecular formula is C20H27N3O2S. The number of amides is 1. The van der Waals surface area contributed by atoms with Gasteiger partial charge >= 0.3 is 0 Å². The first kappa shape index (κ1) is 18.9. The first-order valence-electron chi connectivity index (χ1n) is 9.23. The molecule has 2 aromatic rings. The summed E-state index contributed by atoms with van der Waals surface area (Å²) < 4.78 is 5.57. The van der Waals surface area contributed by atoms with E-state index >= 15 is 0 Å². The number of carbonyl (C=O) groups is 1. The highest BCUT2D eigenvalue weighted by Gasteiger charge is 2.21. The molecule has 2 heterocycles. The normalized spacial score (nSPS) is 15.7. The molecule has 0 atom stereocenters. The Morgan fingerprint density at radius 3 is 2.77 bits per heavy atom. The molecule has 1 fully saturated rings. The number of rotatable bonds is 5. The minimum Gasteiger partial charge on any atom is -0.494 e. The first-order chi connectivity index (χ1) is 12.6. The summed E-state index contributed by atoms with van der Waals surface area (Å²) in [5, 5.41) is 3.24. The van der Waals surface area contributed by atoms with Gasteiger partial charge in [0.1, 0.15) is 5.75 Å². The molecule has 1 aliphatic heterocycles. The van der Waals surface area contributed by atoms with E-state index in [4.69, 9.17) is 4.74 Å². The van der Waals surface area contributed by atoms with Crippen LogP contribution in [0.2, 0.25) is 0 Å².